The summed E-state index contributed by atoms with van der Waals surface area (Å²) in [5.74, 6) is 0.519. The largest absolute Gasteiger partial charge is 0.481 e. The minimum atomic E-state index is -0.777. The van der Waals surface area contributed by atoms with Crippen LogP contribution in [-0.2, 0) is 11.8 Å². The lowest BCUT2D eigenvalue weighted by atomic mass is 10.2. The van der Waals surface area contributed by atoms with Gasteiger partial charge in [-0.2, -0.15) is 0 Å². The second-order valence-electron chi connectivity index (χ2n) is 6.08. The standard InChI is InChI=1S/C19H19BrN4O3/c1-11(27-15-6-4-5-14(20)10-15)18(25)22-23-19(26)13-7-8-17-16(9-13)21-12(2)24(17)3/h4-11H,1-3H3,(H,22,25)(H,23,26)/t11-/m0/s1. The van der Waals surface area contributed by atoms with E-state index in [9.17, 15) is 9.59 Å². The number of nitrogens with zero attached hydrogens (tertiary/aromatic N) is 2. The summed E-state index contributed by atoms with van der Waals surface area (Å²) >= 11 is 3.34. The van der Waals surface area contributed by atoms with Gasteiger partial charge in [-0.25, -0.2) is 4.98 Å². The zero-order valence-electron chi connectivity index (χ0n) is 15.1. The molecule has 0 spiro atoms. The van der Waals surface area contributed by atoms with E-state index < -0.39 is 17.9 Å². The van der Waals surface area contributed by atoms with Crippen molar-refractivity contribution < 1.29 is 14.3 Å². The van der Waals surface area contributed by atoms with Gasteiger partial charge in [-0.3, -0.25) is 20.4 Å². The van der Waals surface area contributed by atoms with Crippen LogP contribution in [0.4, 0.5) is 0 Å². The van der Waals surface area contributed by atoms with Gasteiger partial charge in [-0.1, -0.05) is 22.0 Å². The first-order chi connectivity index (χ1) is 12.8. The Hall–Kier alpha value is -2.87. The number of carbonyl (C=O) groups excluding carboxylic acids is 2. The number of benzene rings is 2. The Labute approximate surface area is 164 Å². The number of halogens is 1. The molecular formula is C19H19BrN4O3. The maximum Gasteiger partial charge on any atom is 0.279 e. The number of aryl methyl sites for hydroxylation is 2. The van der Waals surface area contributed by atoms with Crippen LogP contribution in [0.2, 0.25) is 0 Å². The summed E-state index contributed by atoms with van der Waals surface area (Å²) in [7, 11) is 1.91. The van der Waals surface area contributed by atoms with E-state index in [1.165, 1.54) is 0 Å². The molecule has 0 saturated heterocycles. The van der Waals surface area contributed by atoms with Gasteiger partial charge in [-0.05, 0) is 50.2 Å². The average Bonchev–Trinajstić information content (AvgIpc) is 2.92. The maximum absolute atomic E-state index is 12.3. The number of carbonyl (C=O) groups is 2. The molecule has 1 atom stereocenters. The van der Waals surface area contributed by atoms with Crippen LogP contribution in [-0.4, -0.2) is 27.5 Å². The van der Waals surface area contributed by atoms with Gasteiger partial charge in [0.15, 0.2) is 6.10 Å². The maximum atomic E-state index is 12.3. The molecule has 0 bridgehead atoms. The normalized spacial score (nSPS) is 11.9. The zero-order chi connectivity index (χ0) is 19.6. The van der Waals surface area contributed by atoms with E-state index in [1.807, 2.05) is 30.7 Å². The summed E-state index contributed by atoms with van der Waals surface area (Å²) in [6.45, 7) is 3.50. The third kappa shape index (κ3) is 4.28. The summed E-state index contributed by atoms with van der Waals surface area (Å²) in [6, 6.07) is 12.4. The molecule has 7 nitrogen and oxygen atoms in total. The Kier molecular flexibility index (Phi) is 5.46. The van der Waals surface area contributed by atoms with E-state index in [4.69, 9.17) is 4.74 Å². The Morgan fingerprint density at radius 1 is 1.19 bits per heavy atom. The molecule has 2 N–H and O–H groups in total. The fourth-order valence-electron chi connectivity index (χ4n) is 2.55. The van der Waals surface area contributed by atoms with Crippen molar-refractivity contribution in [2.75, 3.05) is 0 Å². The number of hydrogen-bond acceptors (Lipinski definition) is 4. The average molecular weight is 431 g/mol. The minimum Gasteiger partial charge on any atom is -0.481 e. The van der Waals surface area contributed by atoms with Crippen molar-refractivity contribution in [3.63, 3.8) is 0 Å². The number of rotatable bonds is 4. The van der Waals surface area contributed by atoms with Crippen molar-refractivity contribution in [2.24, 2.45) is 7.05 Å². The van der Waals surface area contributed by atoms with Gasteiger partial charge in [0.05, 0.1) is 11.0 Å². The molecule has 3 aromatic rings. The molecule has 0 aliphatic rings. The topological polar surface area (TPSA) is 85.2 Å². The second-order valence-corrected chi connectivity index (χ2v) is 7.00. The molecule has 2 aromatic carbocycles. The molecule has 0 unspecified atom stereocenters. The Bertz CT molecular complexity index is 1020. The Morgan fingerprint density at radius 3 is 2.70 bits per heavy atom. The van der Waals surface area contributed by atoms with Crippen molar-refractivity contribution >= 4 is 38.8 Å². The fourth-order valence-corrected chi connectivity index (χ4v) is 2.93. The van der Waals surface area contributed by atoms with E-state index in [1.54, 1.807) is 37.3 Å². The number of imidazole rings is 1. The molecule has 0 fully saturated rings. The third-order valence-corrected chi connectivity index (χ3v) is 4.64. The van der Waals surface area contributed by atoms with Crippen molar-refractivity contribution in [2.45, 2.75) is 20.0 Å². The van der Waals surface area contributed by atoms with E-state index in [2.05, 4.69) is 31.8 Å². The highest BCUT2D eigenvalue weighted by Crippen LogP contribution is 2.19. The zero-order valence-corrected chi connectivity index (χ0v) is 16.7. The first kappa shape index (κ1) is 18.9. The first-order valence-corrected chi connectivity index (χ1v) is 9.10. The van der Waals surface area contributed by atoms with Crippen LogP contribution in [0.1, 0.15) is 23.1 Å². The van der Waals surface area contributed by atoms with Crippen LogP contribution in [0, 0.1) is 6.92 Å². The summed E-state index contributed by atoms with van der Waals surface area (Å²) in [4.78, 5) is 28.9. The minimum absolute atomic E-state index is 0.404. The lowest BCUT2D eigenvalue weighted by Crippen LogP contribution is -2.47. The summed E-state index contributed by atoms with van der Waals surface area (Å²) in [5.41, 5.74) is 6.84. The van der Waals surface area contributed by atoms with Gasteiger partial charge < -0.3 is 9.30 Å². The Balaban J connectivity index is 1.60. The lowest BCUT2D eigenvalue weighted by Gasteiger charge is -2.15. The Morgan fingerprint density at radius 2 is 1.96 bits per heavy atom. The third-order valence-electron chi connectivity index (χ3n) is 4.14. The van der Waals surface area contributed by atoms with Gasteiger partial charge in [0.1, 0.15) is 11.6 Å². The molecule has 140 valence electrons. The molecule has 1 aromatic heterocycles. The predicted octanol–water partition coefficient (Wildman–Crippen LogP) is 2.87. The van der Waals surface area contributed by atoms with Gasteiger partial charge in [0.25, 0.3) is 11.8 Å². The molecule has 1 heterocycles. The van der Waals surface area contributed by atoms with E-state index in [-0.39, 0.29) is 0 Å². The van der Waals surface area contributed by atoms with Crippen molar-refractivity contribution in [3.05, 3.63) is 58.3 Å². The molecule has 8 heteroatoms. The molecule has 0 saturated carbocycles. The predicted molar refractivity (Wildman–Crippen MR) is 105 cm³/mol. The molecule has 2 amide bonds. The smallest absolute Gasteiger partial charge is 0.279 e. The number of nitrogens with one attached hydrogen (secondary N) is 2. The van der Waals surface area contributed by atoms with Gasteiger partial charge in [-0.15, -0.1) is 0 Å². The molecule has 0 radical (unpaired) electrons. The van der Waals surface area contributed by atoms with Crippen LogP contribution in [0.15, 0.2) is 46.9 Å². The van der Waals surface area contributed by atoms with Crippen LogP contribution >= 0.6 is 15.9 Å². The van der Waals surface area contributed by atoms with Crippen LogP contribution in [0.25, 0.3) is 11.0 Å². The SMILES string of the molecule is Cc1nc2cc(C(=O)NNC(=O)[C@H](C)Oc3cccc(Br)c3)ccc2n1C. The molecule has 27 heavy (non-hydrogen) atoms. The molecule has 3 rings (SSSR count). The second kappa shape index (κ2) is 7.79. The van der Waals surface area contributed by atoms with Crippen LogP contribution < -0.4 is 15.6 Å². The highest BCUT2D eigenvalue weighted by Gasteiger charge is 2.16. The van der Waals surface area contributed by atoms with Crippen molar-refractivity contribution in [1.82, 2.24) is 20.4 Å². The van der Waals surface area contributed by atoms with Gasteiger partial charge in [0, 0.05) is 17.1 Å². The van der Waals surface area contributed by atoms with Gasteiger partial charge in [0.2, 0.25) is 0 Å². The van der Waals surface area contributed by atoms with E-state index in [0.717, 1.165) is 21.3 Å². The molecule has 0 aliphatic heterocycles. The summed E-state index contributed by atoms with van der Waals surface area (Å²) in [5, 5.41) is 0. The highest BCUT2D eigenvalue weighted by molar-refractivity contribution is 9.10. The number of fused-ring (bicyclic) bond motifs is 1. The number of hydrogen-bond donors (Lipinski definition) is 2. The van der Waals surface area contributed by atoms with Crippen LogP contribution in [0.5, 0.6) is 5.75 Å². The quantitative estimate of drug-likeness (QED) is 0.623. The highest BCUT2D eigenvalue weighted by atomic mass is 79.9. The summed E-state index contributed by atoms with van der Waals surface area (Å²) in [6.07, 6.45) is -0.777. The van der Waals surface area contributed by atoms with E-state index >= 15 is 0 Å². The summed E-state index contributed by atoms with van der Waals surface area (Å²) < 4.78 is 8.35. The fraction of sp³-hybridized carbons (Fsp3) is 0.211. The number of aromatic nitrogens is 2. The molecular weight excluding hydrogens is 412 g/mol. The van der Waals surface area contributed by atoms with Crippen molar-refractivity contribution in [1.29, 1.82) is 0 Å². The monoisotopic (exact) mass is 430 g/mol. The lowest BCUT2D eigenvalue weighted by molar-refractivity contribution is -0.128. The van der Waals surface area contributed by atoms with Crippen molar-refractivity contribution in [3.8, 4) is 5.75 Å². The van der Waals surface area contributed by atoms with E-state index in [0.29, 0.717) is 11.3 Å². The van der Waals surface area contributed by atoms with Gasteiger partial charge >= 0.3 is 0 Å². The van der Waals surface area contributed by atoms with Crippen LogP contribution in [0.3, 0.4) is 0 Å². The first-order valence-electron chi connectivity index (χ1n) is 8.30. The molecule has 0 aliphatic carbocycles. The number of amides is 2. The number of hydrazine groups is 1. The number of ether oxygens (including phenoxy) is 1.